The Labute approximate surface area is 141 Å². The molecule has 0 bridgehead atoms. The first-order valence-electron chi connectivity index (χ1n) is 7.95. The van der Waals surface area contributed by atoms with E-state index < -0.39 is 0 Å². The minimum atomic E-state index is 0.0716. The van der Waals surface area contributed by atoms with E-state index in [2.05, 4.69) is 43.3 Å². The van der Waals surface area contributed by atoms with E-state index in [1.807, 2.05) is 17.0 Å². The van der Waals surface area contributed by atoms with Gasteiger partial charge in [-0.1, -0.05) is 36.4 Å². The first-order chi connectivity index (χ1) is 11.2. The fraction of sp³-hybridized carbons (Fsp3) is 0.368. The molecule has 0 N–H and O–H groups in total. The average molecular weight is 324 g/mol. The molecule has 3 rings (SSSR count). The van der Waals surface area contributed by atoms with Crippen molar-refractivity contribution in [3.8, 4) is 6.07 Å². The van der Waals surface area contributed by atoms with Crippen molar-refractivity contribution in [2.24, 2.45) is 0 Å². The lowest BCUT2D eigenvalue weighted by Crippen LogP contribution is -2.36. The summed E-state index contributed by atoms with van der Waals surface area (Å²) in [6, 6.07) is 17.2. The zero-order chi connectivity index (χ0) is 16.2. The molecule has 2 aromatic rings. The third-order valence-electron chi connectivity index (χ3n) is 4.29. The van der Waals surface area contributed by atoms with Gasteiger partial charge >= 0.3 is 0 Å². The Bertz CT molecular complexity index is 748. The predicted octanol–water partition coefficient (Wildman–Crippen LogP) is 4.15. The average Bonchev–Trinajstić information content (AvgIpc) is 3.39. The summed E-state index contributed by atoms with van der Waals surface area (Å²) in [5.74, 6) is 0.907. The highest BCUT2D eigenvalue weighted by atomic mass is 32.2. The smallest absolute Gasteiger partial charge is 0.233 e. The summed E-state index contributed by atoms with van der Waals surface area (Å²) in [7, 11) is 0. The molecule has 1 saturated carbocycles. The van der Waals surface area contributed by atoms with Crippen molar-refractivity contribution >= 4 is 28.4 Å². The van der Waals surface area contributed by atoms with Gasteiger partial charge in [0.15, 0.2) is 0 Å². The summed E-state index contributed by atoms with van der Waals surface area (Å²) in [4.78, 5) is 14.6. The topological polar surface area (TPSA) is 44.1 Å². The summed E-state index contributed by atoms with van der Waals surface area (Å²) in [6.07, 6.45) is 2.18. The van der Waals surface area contributed by atoms with E-state index >= 15 is 0 Å². The highest BCUT2D eigenvalue weighted by molar-refractivity contribution is 8.00. The van der Waals surface area contributed by atoms with E-state index in [9.17, 15) is 4.79 Å². The fourth-order valence-corrected chi connectivity index (χ4v) is 3.49. The number of amides is 1. The van der Waals surface area contributed by atoms with Crippen molar-refractivity contribution in [2.75, 3.05) is 11.5 Å². The minimum Gasteiger partial charge on any atom is -0.332 e. The van der Waals surface area contributed by atoms with Gasteiger partial charge in [-0.2, -0.15) is 5.26 Å². The van der Waals surface area contributed by atoms with Gasteiger partial charge in [-0.3, -0.25) is 4.79 Å². The van der Waals surface area contributed by atoms with Gasteiger partial charge in [0.1, 0.15) is 0 Å². The second-order valence-electron chi connectivity index (χ2n) is 5.97. The van der Waals surface area contributed by atoms with Crippen LogP contribution in [-0.2, 0) is 4.79 Å². The predicted molar refractivity (Wildman–Crippen MR) is 95.2 cm³/mol. The lowest BCUT2D eigenvalue weighted by Gasteiger charge is -2.30. The van der Waals surface area contributed by atoms with Crippen LogP contribution >= 0.6 is 11.8 Å². The molecule has 0 heterocycles. The van der Waals surface area contributed by atoms with Crippen LogP contribution in [0.5, 0.6) is 0 Å². The second kappa shape index (κ2) is 7.06. The lowest BCUT2D eigenvalue weighted by atomic mass is 10.0. The number of hydrogen-bond donors (Lipinski definition) is 0. The molecule has 0 aromatic heterocycles. The first kappa shape index (κ1) is 15.9. The molecular formula is C19H20N2OS. The molecule has 1 aliphatic rings. The van der Waals surface area contributed by atoms with E-state index in [0.29, 0.717) is 17.5 Å². The normalized spacial score (nSPS) is 15.1. The minimum absolute atomic E-state index is 0.0716. The van der Waals surface area contributed by atoms with Crippen LogP contribution in [0.25, 0.3) is 10.8 Å². The van der Waals surface area contributed by atoms with Crippen molar-refractivity contribution in [3.05, 3.63) is 48.0 Å². The fourth-order valence-electron chi connectivity index (χ4n) is 2.98. The maximum absolute atomic E-state index is 12.6. The van der Waals surface area contributed by atoms with Crippen LogP contribution < -0.4 is 0 Å². The largest absolute Gasteiger partial charge is 0.332 e. The molecular weight excluding hydrogens is 304 g/mol. The number of carbonyl (C=O) groups is 1. The maximum atomic E-state index is 12.6. The number of nitriles is 1. The van der Waals surface area contributed by atoms with Crippen molar-refractivity contribution in [3.63, 3.8) is 0 Å². The van der Waals surface area contributed by atoms with E-state index in [4.69, 9.17) is 5.26 Å². The van der Waals surface area contributed by atoms with Crippen molar-refractivity contribution in [1.29, 1.82) is 5.26 Å². The van der Waals surface area contributed by atoms with E-state index in [0.717, 1.165) is 12.8 Å². The third kappa shape index (κ3) is 3.68. The van der Waals surface area contributed by atoms with Crippen molar-refractivity contribution in [1.82, 2.24) is 4.90 Å². The van der Waals surface area contributed by atoms with Crippen LogP contribution in [0.2, 0.25) is 0 Å². The van der Waals surface area contributed by atoms with Crippen LogP contribution in [0, 0.1) is 11.3 Å². The Morgan fingerprint density at radius 1 is 1.30 bits per heavy atom. The molecule has 3 nitrogen and oxygen atoms in total. The molecule has 2 aromatic carbocycles. The van der Waals surface area contributed by atoms with Gasteiger partial charge in [0.2, 0.25) is 5.91 Å². The van der Waals surface area contributed by atoms with Crippen LogP contribution in [-0.4, -0.2) is 28.4 Å². The third-order valence-corrected chi connectivity index (χ3v) is 5.08. The SMILES string of the molecule is C[C@H](c1ccc2ccccc2c1)N(C(=O)CSCC#N)C1CC1. The van der Waals surface area contributed by atoms with E-state index in [1.165, 1.54) is 28.1 Å². The number of thioether (sulfide) groups is 1. The van der Waals surface area contributed by atoms with Crippen LogP contribution in [0.4, 0.5) is 0 Å². The monoisotopic (exact) mass is 324 g/mol. The number of hydrogen-bond acceptors (Lipinski definition) is 3. The Kier molecular flexibility index (Phi) is 4.88. The van der Waals surface area contributed by atoms with Crippen LogP contribution in [0.3, 0.4) is 0 Å². The van der Waals surface area contributed by atoms with Crippen LogP contribution in [0.1, 0.15) is 31.4 Å². The number of fused-ring (bicyclic) bond motifs is 1. The quantitative estimate of drug-likeness (QED) is 0.750. The Balaban J connectivity index is 1.80. The highest BCUT2D eigenvalue weighted by Gasteiger charge is 2.35. The van der Waals surface area contributed by atoms with Gasteiger partial charge in [0.25, 0.3) is 0 Å². The van der Waals surface area contributed by atoms with Gasteiger partial charge in [-0.15, -0.1) is 11.8 Å². The number of rotatable bonds is 6. The number of nitrogens with zero attached hydrogens (tertiary/aromatic N) is 2. The molecule has 0 spiro atoms. The standard InChI is InChI=1S/C19H20N2OS/c1-14(16-7-6-15-4-2-3-5-17(15)12-16)21(18-8-9-18)19(22)13-23-11-10-20/h2-7,12,14,18H,8-9,11,13H2,1H3/t14-/m1/s1. The van der Waals surface area contributed by atoms with E-state index in [-0.39, 0.29) is 11.9 Å². The van der Waals surface area contributed by atoms with Gasteiger partial charge in [0, 0.05) is 6.04 Å². The first-order valence-corrected chi connectivity index (χ1v) is 9.10. The molecule has 1 atom stereocenters. The second-order valence-corrected chi connectivity index (χ2v) is 6.95. The van der Waals surface area contributed by atoms with Crippen molar-refractivity contribution in [2.45, 2.75) is 31.8 Å². The summed E-state index contributed by atoms with van der Waals surface area (Å²) in [6.45, 7) is 2.11. The Hall–Kier alpha value is -1.99. The molecule has 0 saturated heterocycles. The molecule has 4 heteroatoms. The molecule has 0 radical (unpaired) electrons. The summed E-state index contributed by atoms with van der Waals surface area (Å²) in [5, 5.41) is 11.1. The van der Waals surface area contributed by atoms with Gasteiger partial charge in [0.05, 0.1) is 23.6 Å². The molecule has 23 heavy (non-hydrogen) atoms. The number of carbonyl (C=O) groups excluding carboxylic acids is 1. The van der Waals surface area contributed by atoms with Gasteiger partial charge < -0.3 is 4.90 Å². The number of benzene rings is 2. The maximum Gasteiger partial charge on any atom is 0.233 e. The molecule has 0 unspecified atom stereocenters. The molecule has 118 valence electrons. The van der Waals surface area contributed by atoms with Gasteiger partial charge in [-0.25, -0.2) is 0 Å². The summed E-state index contributed by atoms with van der Waals surface area (Å²) >= 11 is 1.40. The Morgan fingerprint density at radius 2 is 2.04 bits per heavy atom. The molecule has 1 amide bonds. The van der Waals surface area contributed by atoms with E-state index in [1.54, 1.807) is 0 Å². The Morgan fingerprint density at radius 3 is 2.74 bits per heavy atom. The lowest BCUT2D eigenvalue weighted by molar-refractivity contribution is -0.131. The molecule has 1 aliphatic carbocycles. The van der Waals surface area contributed by atoms with Crippen molar-refractivity contribution < 1.29 is 4.79 Å². The van der Waals surface area contributed by atoms with Crippen LogP contribution in [0.15, 0.2) is 42.5 Å². The highest BCUT2D eigenvalue weighted by Crippen LogP contribution is 2.35. The zero-order valence-electron chi connectivity index (χ0n) is 13.2. The summed E-state index contributed by atoms with van der Waals surface area (Å²) < 4.78 is 0. The zero-order valence-corrected chi connectivity index (χ0v) is 14.1. The molecule has 0 aliphatic heterocycles. The summed E-state index contributed by atoms with van der Waals surface area (Å²) in [5.41, 5.74) is 1.18. The molecule has 1 fully saturated rings. The van der Waals surface area contributed by atoms with Gasteiger partial charge in [-0.05, 0) is 42.2 Å².